The van der Waals surface area contributed by atoms with Crippen LogP contribution < -0.4 is 14.7 Å². The molecule has 0 aliphatic carbocycles. The fourth-order valence-electron chi connectivity index (χ4n) is 8.07. The highest BCUT2D eigenvalue weighted by Gasteiger charge is 2.20. The van der Waals surface area contributed by atoms with Crippen LogP contribution in [0.25, 0.3) is 29.2 Å². The van der Waals surface area contributed by atoms with Gasteiger partial charge in [-0.2, -0.15) is 0 Å². The predicted molar refractivity (Wildman–Crippen MR) is 266 cm³/mol. The summed E-state index contributed by atoms with van der Waals surface area (Å²) in [6, 6.07) is 88.7. The first-order chi connectivity index (χ1) is 31.8. The Hall–Kier alpha value is -8.74. The highest BCUT2D eigenvalue weighted by Crippen LogP contribution is 2.41. The highest BCUT2D eigenvalue weighted by atomic mass is 15.3. The second kappa shape index (κ2) is 18.5. The van der Waals surface area contributed by atoms with E-state index >= 15 is 0 Å². The van der Waals surface area contributed by atoms with E-state index in [1.54, 1.807) is 0 Å². The van der Waals surface area contributed by atoms with Gasteiger partial charge in [0, 0.05) is 62.4 Å². The molecular weight excluding hydrogens is 781 g/mol. The van der Waals surface area contributed by atoms with E-state index in [1.807, 2.05) is 42.5 Å². The number of aromatic nitrogens is 3. The second-order valence-electron chi connectivity index (χ2n) is 15.2. The van der Waals surface area contributed by atoms with Crippen molar-refractivity contribution in [3.05, 3.63) is 266 Å². The molecule has 9 aromatic carbocycles. The van der Waals surface area contributed by atoms with Gasteiger partial charge < -0.3 is 14.7 Å². The number of para-hydroxylation sites is 5. The van der Waals surface area contributed by atoms with Crippen LogP contribution in [0, 0.1) is 0 Å². The standard InChI is InChI=1S/C58H44N6/c1-7-19-45(20-8-1)31-44-57-59-60-58(64(57)51-29-17-6-18-30-51)46-32-34-52(35-33-46)63(55-40-36-53(37-41-55)61(47-21-9-2-10-22-47)48-23-11-3-12-24-48)56-42-38-54(39-43-56)62(49-25-13-4-14-26-49)50-27-15-5-16-28-50/h1-44H/b44-31+. The fourth-order valence-corrected chi connectivity index (χ4v) is 8.07. The van der Waals surface area contributed by atoms with Crippen molar-refractivity contribution in [3.63, 3.8) is 0 Å². The Kier molecular flexibility index (Phi) is 11.4. The van der Waals surface area contributed by atoms with Gasteiger partial charge in [0.05, 0.1) is 0 Å². The van der Waals surface area contributed by atoms with Crippen LogP contribution in [0.3, 0.4) is 0 Å². The second-order valence-corrected chi connectivity index (χ2v) is 15.2. The van der Waals surface area contributed by atoms with Crippen molar-refractivity contribution < 1.29 is 0 Å². The third-order valence-corrected chi connectivity index (χ3v) is 11.1. The van der Waals surface area contributed by atoms with Gasteiger partial charge in [-0.3, -0.25) is 4.57 Å². The molecule has 0 saturated carbocycles. The predicted octanol–water partition coefficient (Wildman–Crippen LogP) is 15.5. The lowest BCUT2D eigenvalue weighted by atomic mass is 10.1. The summed E-state index contributed by atoms with van der Waals surface area (Å²) in [6.45, 7) is 0. The fraction of sp³-hybridized carbons (Fsp3) is 0. The van der Waals surface area contributed by atoms with E-state index in [4.69, 9.17) is 5.10 Å². The molecular formula is C58H44N6. The molecule has 0 spiro atoms. The summed E-state index contributed by atoms with van der Waals surface area (Å²) in [5, 5.41) is 9.43. The van der Waals surface area contributed by atoms with E-state index in [2.05, 4.69) is 249 Å². The normalized spacial score (nSPS) is 11.1. The van der Waals surface area contributed by atoms with Gasteiger partial charge in [0.25, 0.3) is 0 Å². The number of benzene rings is 9. The molecule has 10 aromatic rings. The topological polar surface area (TPSA) is 40.4 Å². The van der Waals surface area contributed by atoms with Crippen LogP contribution in [-0.4, -0.2) is 14.8 Å². The van der Waals surface area contributed by atoms with E-state index in [-0.39, 0.29) is 0 Å². The van der Waals surface area contributed by atoms with E-state index in [9.17, 15) is 0 Å². The molecule has 0 atom stereocenters. The first-order valence-corrected chi connectivity index (χ1v) is 21.4. The molecule has 10 rings (SSSR count). The van der Waals surface area contributed by atoms with Crippen molar-refractivity contribution >= 4 is 63.3 Å². The van der Waals surface area contributed by atoms with Crippen LogP contribution in [0.4, 0.5) is 51.2 Å². The van der Waals surface area contributed by atoms with Crippen LogP contribution in [0.2, 0.25) is 0 Å². The number of anilines is 9. The SMILES string of the molecule is C(=C\c1nnc(-c2ccc(N(c3ccc(N(c4ccccc4)c4ccccc4)cc3)c3ccc(N(c4ccccc4)c4ccccc4)cc3)cc2)n1-c1ccccc1)/c1ccccc1. The average molecular weight is 825 g/mol. The zero-order valence-electron chi connectivity index (χ0n) is 35.1. The van der Waals surface area contributed by atoms with Crippen LogP contribution >= 0.6 is 0 Å². The van der Waals surface area contributed by atoms with Crippen LogP contribution in [0.5, 0.6) is 0 Å². The van der Waals surface area contributed by atoms with Gasteiger partial charge in [0.2, 0.25) is 0 Å². The third kappa shape index (κ3) is 8.44. The van der Waals surface area contributed by atoms with Gasteiger partial charge in [-0.05, 0) is 145 Å². The van der Waals surface area contributed by atoms with Crippen LogP contribution in [0.15, 0.2) is 255 Å². The molecule has 0 radical (unpaired) electrons. The zero-order chi connectivity index (χ0) is 42.9. The lowest BCUT2D eigenvalue weighted by molar-refractivity contribution is 1.04. The molecule has 64 heavy (non-hydrogen) atoms. The maximum Gasteiger partial charge on any atom is 0.168 e. The van der Waals surface area contributed by atoms with Crippen molar-refractivity contribution in [2.24, 2.45) is 0 Å². The largest absolute Gasteiger partial charge is 0.311 e. The van der Waals surface area contributed by atoms with Crippen LogP contribution in [0.1, 0.15) is 11.4 Å². The van der Waals surface area contributed by atoms with Crippen LogP contribution in [-0.2, 0) is 0 Å². The monoisotopic (exact) mass is 824 g/mol. The average Bonchev–Trinajstić information content (AvgIpc) is 3.81. The number of hydrogen-bond donors (Lipinski definition) is 0. The van der Waals surface area contributed by atoms with Gasteiger partial charge >= 0.3 is 0 Å². The minimum Gasteiger partial charge on any atom is -0.311 e. The molecule has 0 N–H and O–H groups in total. The lowest BCUT2D eigenvalue weighted by Gasteiger charge is -2.29. The Bertz CT molecular complexity index is 2840. The molecule has 0 bridgehead atoms. The van der Waals surface area contributed by atoms with Crippen molar-refractivity contribution in [2.75, 3.05) is 14.7 Å². The smallest absolute Gasteiger partial charge is 0.168 e. The summed E-state index contributed by atoms with van der Waals surface area (Å²) in [6.07, 6.45) is 4.10. The summed E-state index contributed by atoms with van der Waals surface area (Å²) in [5.41, 5.74) is 12.6. The third-order valence-electron chi connectivity index (χ3n) is 11.1. The molecule has 0 aliphatic rings. The molecule has 0 unspecified atom stereocenters. The van der Waals surface area contributed by atoms with E-state index in [1.165, 1.54) is 0 Å². The van der Waals surface area contributed by atoms with Crippen molar-refractivity contribution in [1.82, 2.24) is 14.8 Å². The Balaban J connectivity index is 1.05. The van der Waals surface area contributed by atoms with Crippen molar-refractivity contribution in [3.8, 4) is 17.1 Å². The molecule has 0 saturated heterocycles. The van der Waals surface area contributed by atoms with E-state index in [0.29, 0.717) is 0 Å². The van der Waals surface area contributed by atoms with Gasteiger partial charge in [-0.25, -0.2) is 0 Å². The summed E-state index contributed by atoms with van der Waals surface area (Å²) in [7, 11) is 0. The quantitative estimate of drug-likeness (QED) is 0.116. The highest BCUT2D eigenvalue weighted by molar-refractivity contribution is 5.84. The lowest BCUT2D eigenvalue weighted by Crippen LogP contribution is -2.13. The zero-order valence-corrected chi connectivity index (χ0v) is 35.1. The number of rotatable bonds is 13. The molecule has 1 heterocycles. The Labute approximate surface area is 374 Å². The first-order valence-electron chi connectivity index (χ1n) is 21.4. The van der Waals surface area contributed by atoms with Gasteiger partial charge in [0.1, 0.15) is 0 Å². The van der Waals surface area contributed by atoms with E-state index in [0.717, 1.165) is 79.6 Å². The molecule has 6 nitrogen and oxygen atoms in total. The van der Waals surface area contributed by atoms with Crippen molar-refractivity contribution in [1.29, 1.82) is 0 Å². The van der Waals surface area contributed by atoms with Gasteiger partial charge in [-0.1, -0.05) is 127 Å². The van der Waals surface area contributed by atoms with E-state index < -0.39 is 0 Å². The molecule has 6 heteroatoms. The summed E-state index contributed by atoms with van der Waals surface area (Å²) in [4.78, 5) is 6.87. The minimum absolute atomic E-state index is 0.746. The Morgan fingerprint density at radius 3 is 0.938 bits per heavy atom. The molecule has 0 aliphatic heterocycles. The molecule has 0 fully saturated rings. The van der Waals surface area contributed by atoms with Gasteiger partial charge in [0.15, 0.2) is 11.6 Å². The Morgan fingerprint density at radius 2 is 0.578 bits per heavy atom. The summed E-state index contributed by atoms with van der Waals surface area (Å²) >= 11 is 0. The first kappa shape index (κ1) is 39.4. The number of nitrogens with zero attached hydrogens (tertiary/aromatic N) is 6. The summed E-state index contributed by atoms with van der Waals surface area (Å²) < 4.78 is 2.11. The Morgan fingerprint density at radius 1 is 0.281 bits per heavy atom. The maximum atomic E-state index is 4.76. The van der Waals surface area contributed by atoms with Gasteiger partial charge in [-0.15, -0.1) is 10.2 Å². The molecule has 1 aromatic heterocycles. The molecule has 306 valence electrons. The minimum atomic E-state index is 0.746. The number of hydrogen-bond acceptors (Lipinski definition) is 5. The maximum absolute atomic E-state index is 4.76. The summed E-state index contributed by atoms with van der Waals surface area (Å²) in [5.74, 6) is 1.51. The van der Waals surface area contributed by atoms with Crippen molar-refractivity contribution in [2.45, 2.75) is 0 Å². The molecule has 0 amide bonds.